The fourth-order valence-electron chi connectivity index (χ4n) is 0.469. The molecule has 0 radical (unpaired) electrons. The Balaban J connectivity index is -0.000000183. The van der Waals surface area contributed by atoms with Crippen molar-refractivity contribution in [2.45, 2.75) is 0 Å². The normalized spacial score (nSPS) is 7.25. The van der Waals surface area contributed by atoms with E-state index < -0.39 is 0 Å². The molecule has 0 aromatic rings. The molecule has 0 fully saturated rings. The van der Waals surface area contributed by atoms with Crippen LogP contribution in [-0.4, -0.2) is 33.2 Å². The Kier molecular flexibility index (Phi) is 36.5. The van der Waals surface area contributed by atoms with E-state index >= 15 is 0 Å². The van der Waals surface area contributed by atoms with Crippen LogP contribution in [0.1, 0.15) is 0 Å². The molecule has 0 rings (SSSR count). The van der Waals surface area contributed by atoms with E-state index in [9.17, 15) is 0 Å². The number of hydrogen-bond acceptors (Lipinski definition) is 3. The fraction of sp³-hybridized carbons (Fsp3) is 0.308. The standard InChI is InChI=1S/2C6H10O.CH2O/c2*1-3-5-7-6-4-2;1-2/h2*3-4H,1-2,5-6H2;1H2. The first-order valence-corrected chi connectivity index (χ1v) is 4.71. The number of rotatable bonds is 8. The number of hydrogen-bond donors (Lipinski definition) is 0. The third-order valence-electron chi connectivity index (χ3n) is 0.943. The Bertz CT molecular complexity index is 131. The van der Waals surface area contributed by atoms with Gasteiger partial charge in [-0.25, -0.2) is 0 Å². The van der Waals surface area contributed by atoms with Crippen LogP contribution in [-0.2, 0) is 14.3 Å². The molecule has 0 bridgehead atoms. The molecule has 0 spiro atoms. The van der Waals surface area contributed by atoms with Gasteiger partial charge in [-0.3, -0.25) is 0 Å². The zero-order valence-corrected chi connectivity index (χ0v) is 9.90. The minimum absolute atomic E-state index is 0.617. The molecule has 92 valence electrons. The monoisotopic (exact) mass is 226 g/mol. The molecule has 0 aliphatic carbocycles. The predicted molar refractivity (Wildman–Crippen MR) is 69.5 cm³/mol. The molecule has 0 heterocycles. The summed E-state index contributed by atoms with van der Waals surface area (Å²) >= 11 is 0. The van der Waals surface area contributed by atoms with Crippen LogP contribution in [0.15, 0.2) is 50.6 Å². The molecule has 3 heteroatoms. The van der Waals surface area contributed by atoms with Gasteiger partial charge >= 0.3 is 0 Å². The third kappa shape index (κ3) is 39.0. The number of ether oxygens (including phenoxy) is 2. The second kappa shape index (κ2) is 29.2. The Labute approximate surface area is 98.8 Å². The van der Waals surface area contributed by atoms with Crippen LogP contribution < -0.4 is 0 Å². The van der Waals surface area contributed by atoms with Crippen molar-refractivity contribution in [2.75, 3.05) is 26.4 Å². The van der Waals surface area contributed by atoms with Crippen molar-refractivity contribution in [3.63, 3.8) is 0 Å². The van der Waals surface area contributed by atoms with Gasteiger partial charge in [0.1, 0.15) is 6.79 Å². The van der Waals surface area contributed by atoms with Gasteiger partial charge in [0, 0.05) is 0 Å². The Hall–Kier alpha value is -1.45. The highest BCUT2D eigenvalue weighted by atomic mass is 16.5. The predicted octanol–water partition coefficient (Wildman–Crippen LogP) is 2.57. The zero-order chi connectivity index (χ0) is 13.1. The molecule has 0 aromatic carbocycles. The van der Waals surface area contributed by atoms with Gasteiger partial charge in [0.25, 0.3) is 0 Å². The summed E-state index contributed by atoms with van der Waals surface area (Å²) in [6.07, 6.45) is 6.85. The number of carbonyl (C=O) groups is 1. The molecule has 0 saturated heterocycles. The van der Waals surface area contributed by atoms with Gasteiger partial charge in [-0.1, -0.05) is 24.3 Å². The van der Waals surface area contributed by atoms with E-state index in [0.29, 0.717) is 26.4 Å². The van der Waals surface area contributed by atoms with Gasteiger partial charge in [0.05, 0.1) is 26.4 Å². The molecule has 0 unspecified atom stereocenters. The first kappa shape index (κ1) is 20.0. The molecule has 0 N–H and O–H groups in total. The van der Waals surface area contributed by atoms with E-state index in [2.05, 4.69) is 26.3 Å². The quantitative estimate of drug-likeness (QED) is 0.471. The van der Waals surface area contributed by atoms with Crippen LogP contribution in [0.4, 0.5) is 0 Å². The highest BCUT2D eigenvalue weighted by molar-refractivity contribution is 5.10. The minimum Gasteiger partial charge on any atom is -0.373 e. The molecule has 3 nitrogen and oxygen atoms in total. The lowest BCUT2D eigenvalue weighted by atomic mass is 10.6. The first-order valence-electron chi connectivity index (χ1n) is 4.71. The topological polar surface area (TPSA) is 35.5 Å². The van der Waals surface area contributed by atoms with E-state index in [1.165, 1.54) is 0 Å². The fourth-order valence-corrected chi connectivity index (χ4v) is 0.469. The van der Waals surface area contributed by atoms with Crippen LogP contribution in [0.25, 0.3) is 0 Å². The van der Waals surface area contributed by atoms with Gasteiger partial charge in [0.2, 0.25) is 0 Å². The van der Waals surface area contributed by atoms with Gasteiger partial charge in [-0.2, -0.15) is 0 Å². The minimum atomic E-state index is 0.617. The highest BCUT2D eigenvalue weighted by Crippen LogP contribution is 1.73. The maximum Gasteiger partial charge on any atom is 0.106 e. The van der Waals surface area contributed by atoms with Gasteiger partial charge < -0.3 is 14.3 Å². The van der Waals surface area contributed by atoms with E-state index in [1.54, 1.807) is 24.3 Å². The molecule has 0 aliphatic rings. The summed E-state index contributed by atoms with van der Waals surface area (Å²) in [6, 6.07) is 0. The molecule has 0 atom stereocenters. The summed E-state index contributed by atoms with van der Waals surface area (Å²) in [7, 11) is 0. The zero-order valence-electron chi connectivity index (χ0n) is 9.90. The lowest BCUT2D eigenvalue weighted by Crippen LogP contribution is -1.87. The van der Waals surface area contributed by atoms with Crippen molar-refractivity contribution in [1.82, 2.24) is 0 Å². The molecule has 16 heavy (non-hydrogen) atoms. The Morgan fingerprint density at radius 2 is 0.812 bits per heavy atom. The first-order chi connectivity index (χ1) is 7.83. The van der Waals surface area contributed by atoms with Crippen LogP contribution in [0.5, 0.6) is 0 Å². The summed E-state index contributed by atoms with van der Waals surface area (Å²) in [5, 5.41) is 0. The third-order valence-corrected chi connectivity index (χ3v) is 0.943. The summed E-state index contributed by atoms with van der Waals surface area (Å²) in [5.41, 5.74) is 0. The summed E-state index contributed by atoms with van der Waals surface area (Å²) in [6.45, 7) is 18.4. The Morgan fingerprint density at radius 1 is 0.625 bits per heavy atom. The lowest BCUT2D eigenvalue weighted by molar-refractivity contribution is -0.0979. The van der Waals surface area contributed by atoms with Crippen molar-refractivity contribution >= 4 is 6.79 Å². The van der Waals surface area contributed by atoms with Gasteiger partial charge in [-0.05, 0) is 0 Å². The molecular formula is C13H22O3. The van der Waals surface area contributed by atoms with E-state index in [4.69, 9.17) is 14.3 Å². The largest absolute Gasteiger partial charge is 0.373 e. The number of carbonyl (C=O) groups excluding carboxylic acids is 1. The molecular weight excluding hydrogens is 204 g/mol. The van der Waals surface area contributed by atoms with Crippen molar-refractivity contribution < 1.29 is 14.3 Å². The summed E-state index contributed by atoms with van der Waals surface area (Å²) < 4.78 is 9.79. The highest BCUT2D eigenvalue weighted by Gasteiger charge is 1.71. The van der Waals surface area contributed by atoms with Gasteiger partial charge in [0.15, 0.2) is 0 Å². The van der Waals surface area contributed by atoms with Crippen LogP contribution in [0.3, 0.4) is 0 Å². The summed E-state index contributed by atoms with van der Waals surface area (Å²) in [5.74, 6) is 0. The maximum atomic E-state index is 8.00. The van der Waals surface area contributed by atoms with Gasteiger partial charge in [-0.15, -0.1) is 26.3 Å². The smallest absolute Gasteiger partial charge is 0.106 e. The van der Waals surface area contributed by atoms with Crippen molar-refractivity contribution in [1.29, 1.82) is 0 Å². The van der Waals surface area contributed by atoms with Crippen molar-refractivity contribution in [3.8, 4) is 0 Å². The second-order valence-electron chi connectivity index (χ2n) is 2.23. The molecule has 0 aromatic heterocycles. The van der Waals surface area contributed by atoms with E-state index in [1.807, 2.05) is 6.79 Å². The van der Waals surface area contributed by atoms with Crippen molar-refractivity contribution in [3.05, 3.63) is 50.6 Å². The molecule has 0 amide bonds. The van der Waals surface area contributed by atoms with Crippen LogP contribution >= 0.6 is 0 Å². The maximum absolute atomic E-state index is 8.00. The second-order valence-corrected chi connectivity index (χ2v) is 2.23. The van der Waals surface area contributed by atoms with Crippen LogP contribution in [0.2, 0.25) is 0 Å². The molecule has 0 saturated carbocycles. The van der Waals surface area contributed by atoms with E-state index in [-0.39, 0.29) is 0 Å². The van der Waals surface area contributed by atoms with E-state index in [0.717, 1.165) is 0 Å². The average molecular weight is 226 g/mol. The Morgan fingerprint density at radius 3 is 0.938 bits per heavy atom. The van der Waals surface area contributed by atoms with Crippen LogP contribution in [0, 0.1) is 0 Å². The van der Waals surface area contributed by atoms with Crippen molar-refractivity contribution in [2.24, 2.45) is 0 Å². The average Bonchev–Trinajstić information content (AvgIpc) is 2.34. The SMILES string of the molecule is C=CCOCC=C.C=CCOCC=C.C=O. The summed E-state index contributed by atoms with van der Waals surface area (Å²) in [4.78, 5) is 8.00. The lowest BCUT2D eigenvalue weighted by Gasteiger charge is -1.89. The molecule has 0 aliphatic heterocycles.